The zero-order chi connectivity index (χ0) is 12.3. The lowest BCUT2D eigenvalue weighted by Crippen LogP contribution is -2.30. The van der Waals surface area contributed by atoms with Gasteiger partial charge in [0.15, 0.2) is 0 Å². The lowest BCUT2D eigenvalue weighted by Gasteiger charge is -2.22. The van der Waals surface area contributed by atoms with E-state index >= 15 is 0 Å². The Morgan fingerprint density at radius 3 is 2.50 bits per heavy atom. The molecule has 100 valence electrons. The Morgan fingerprint density at radius 1 is 1.33 bits per heavy atom. The number of amides is 1. The van der Waals surface area contributed by atoms with E-state index in [9.17, 15) is 4.79 Å². The number of pyridine rings is 1. The summed E-state index contributed by atoms with van der Waals surface area (Å²) in [5, 5.41) is 5.89. The summed E-state index contributed by atoms with van der Waals surface area (Å²) < 4.78 is 0. The number of hydrogen-bond acceptors (Lipinski definition) is 3. The van der Waals surface area contributed by atoms with Crippen LogP contribution >= 0.6 is 12.4 Å². The maximum Gasteiger partial charge on any atom is 0.230 e. The van der Waals surface area contributed by atoms with Gasteiger partial charge in [0, 0.05) is 12.5 Å². The molecule has 2 rings (SSSR count). The van der Waals surface area contributed by atoms with E-state index in [0.717, 1.165) is 37.2 Å². The third-order valence-corrected chi connectivity index (χ3v) is 3.53. The second-order valence-electron chi connectivity index (χ2n) is 4.90. The molecule has 0 radical (unpaired) electrons. The molecular weight excluding hydrogens is 250 g/mol. The predicted molar refractivity (Wildman–Crippen MR) is 76.2 cm³/mol. The molecule has 1 fully saturated rings. The first kappa shape index (κ1) is 14.8. The molecule has 1 aromatic heterocycles. The van der Waals surface area contributed by atoms with Crippen molar-refractivity contribution in [2.75, 3.05) is 17.7 Å². The van der Waals surface area contributed by atoms with Gasteiger partial charge in [-0.2, -0.15) is 0 Å². The molecule has 1 aromatic rings. The lowest BCUT2D eigenvalue weighted by atomic mass is 9.88. The molecule has 1 heterocycles. The van der Waals surface area contributed by atoms with Crippen molar-refractivity contribution >= 4 is 29.8 Å². The number of anilines is 2. The largest absolute Gasteiger partial charge is 0.373 e. The fourth-order valence-electron chi connectivity index (χ4n) is 2.28. The fourth-order valence-corrected chi connectivity index (χ4v) is 2.28. The van der Waals surface area contributed by atoms with E-state index in [0.29, 0.717) is 0 Å². The van der Waals surface area contributed by atoms with E-state index in [1.54, 1.807) is 6.20 Å². The molecule has 1 aliphatic carbocycles. The zero-order valence-electron chi connectivity index (χ0n) is 10.8. The lowest BCUT2D eigenvalue weighted by molar-refractivity contribution is -0.124. The highest BCUT2D eigenvalue weighted by atomic mass is 35.5. The standard InChI is InChI=1S/C13H19N3O.ClH/c1-13(7-3-4-8-13)12(17)16-10-5-6-11(14-2)15-9-10;/h5-6,9H,3-4,7-8H2,1-2H3,(H,14,15)(H,16,17);1H. The quantitative estimate of drug-likeness (QED) is 0.887. The Balaban J connectivity index is 0.00000162. The molecule has 0 aliphatic heterocycles. The van der Waals surface area contributed by atoms with Gasteiger partial charge in [0.2, 0.25) is 5.91 Å². The van der Waals surface area contributed by atoms with Crippen LogP contribution in [0, 0.1) is 5.41 Å². The number of carbonyl (C=O) groups is 1. The van der Waals surface area contributed by atoms with Gasteiger partial charge in [-0.3, -0.25) is 4.79 Å². The minimum atomic E-state index is -0.193. The molecule has 1 amide bonds. The summed E-state index contributed by atoms with van der Waals surface area (Å²) in [5.74, 6) is 0.920. The molecule has 0 spiro atoms. The third-order valence-electron chi connectivity index (χ3n) is 3.53. The maximum absolute atomic E-state index is 12.1. The summed E-state index contributed by atoms with van der Waals surface area (Å²) in [6.07, 6.45) is 5.96. The van der Waals surface area contributed by atoms with Gasteiger partial charge in [0.1, 0.15) is 5.82 Å². The van der Waals surface area contributed by atoms with Gasteiger partial charge in [0.25, 0.3) is 0 Å². The molecule has 1 aliphatic rings. The van der Waals surface area contributed by atoms with Crippen LogP contribution in [-0.4, -0.2) is 17.9 Å². The van der Waals surface area contributed by atoms with E-state index in [-0.39, 0.29) is 23.7 Å². The molecule has 18 heavy (non-hydrogen) atoms. The van der Waals surface area contributed by atoms with Crippen LogP contribution in [0.1, 0.15) is 32.6 Å². The van der Waals surface area contributed by atoms with E-state index in [2.05, 4.69) is 15.6 Å². The maximum atomic E-state index is 12.1. The van der Waals surface area contributed by atoms with Gasteiger partial charge >= 0.3 is 0 Å². The van der Waals surface area contributed by atoms with Crippen molar-refractivity contribution in [1.82, 2.24) is 4.98 Å². The number of carbonyl (C=O) groups excluding carboxylic acids is 1. The van der Waals surface area contributed by atoms with Crippen LogP contribution in [0.15, 0.2) is 18.3 Å². The SMILES string of the molecule is CNc1ccc(NC(=O)C2(C)CCCC2)cn1.Cl. The van der Waals surface area contributed by atoms with E-state index in [1.807, 2.05) is 26.1 Å². The Hall–Kier alpha value is -1.29. The molecule has 0 bridgehead atoms. The van der Waals surface area contributed by atoms with Crippen molar-refractivity contribution < 1.29 is 4.79 Å². The second-order valence-corrected chi connectivity index (χ2v) is 4.90. The molecule has 0 saturated heterocycles. The van der Waals surface area contributed by atoms with Gasteiger partial charge in [0.05, 0.1) is 11.9 Å². The van der Waals surface area contributed by atoms with E-state index in [4.69, 9.17) is 0 Å². The van der Waals surface area contributed by atoms with Crippen molar-refractivity contribution in [2.45, 2.75) is 32.6 Å². The van der Waals surface area contributed by atoms with Gasteiger partial charge in [-0.15, -0.1) is 12.4 Å². The second kappa shape index (κ2) is 6.05. The first-order valence-corrected chi connectivity index (χ1v) is 6.09. The average Bonchev–Trinajstić information content (AvgIpc) is 2.78. The Morgan fingerprint density at radius 2 is 2.00 bits per heavy atom. The summed E-state index contributed by atoms with van der Waals surface area (Å²) in [5.41, 5.74) is 0.573. The smallest absolute Gasteiger partial charge is 0.230 e. The first-order chi connectivity index (χ1) is 8.14. The van der Waals surface area contributed by atoms with Crippen LogP contribution in [0.25, 0.3) is 0 Å². The van der Waals surface area contributed by atoms with E-state index < -0.39 is 0 Å². The van der Waals surface area contributed by atoms with Crippen molar-refractivity contribution in [1.29, 1.82) is 0 Å². The topological polar surface area (TPSA) is 54.0 Å². The molecule has 5 heteroatoms. The highest BCUT2D eigenvalue weighted by molar-refractivity contribution is 5.95. The third kappa shape index (κ3) is 3.13. The molecule has 0 unspecified atom stereocenters. The summed E-state index contributed by atoms with van der Waals surface area (Å²) >= 11 is 0. The minimum Gasteiger partial charge on any atom is -0.373 e. The van der Waals surface area contributed by atoms with Crippen LogP contribution in [-0.2, 0) is 4.79 Å². The van der Waals surface area contributed by atoms with Crippen LogP contribution in [0.2, 0.25) is 0 Å². The van der Waals surface area contributed by atoms with Gasteiger partial charge < -0.3 is 10.6 Å². The summed E-state index contributed by atoms with van der Waals surface area (Å²) in [4.78, 5) is 16.3. The number of halogens is 1. The minimum absolute atomic E-state index is 0. The Kier molecular flexibility index (Phi) is 4.96. The summed E-state index contributed by atoms with van der Waals surface area (Å²) in [7, 11) is 1.82. The number of nitrogens with zero attached hydrogens (tertiary/aromatic N) is 1. The fraction of sp³-hybridized carbons (Fsp3) is 0.538. The predicted octanol–water partition coefficient (Wildman–Crippen LogP) is 3.06. The molecule has 1 saturated carbocycles. The van der Waals surface area contributed by atoms with E-state index in [1.165, 1.54) is 0 Å². The number of aromatic nitrogens is 1. The molecule has 0 atom stereocenters. The average molecular weight is 270 g/mol. The summed E-state index contributed by atoms with van der Waals surface area (Å²) in [6.45, 7) is 2.05. The van der Waals surface area contributed by atoms with Gasteiger partial charge in [-0.1, -0.05) is 19.8 Å². The normalized spacial score (nSPS) is 16.8. The van der Waals surface area contributed by atoms with Crippen molar-refractivity contribution in [3.8, 4) is 0 Å². The number of hydrogen-bond donors (Lipinski definition) is 2. The van der Waals surface area contributed by atoms with Crippen molar-refractivity contribution in [3.05, 3.63) is 18.3 Å². The Labute approximate surface area is 114 Å². The molecule has 0 aromatic carbocycles. The molecule has 2 N–H and O–H groups in total. The van der Waals surface area contributed by atoms with Crippen LogP contribution in [0.3, 0.4) is 0 Å². The zero-order valence-corrected chi connectivity index (χ0v) is 11.6. The summed E-state index contributed by atoms with van der Waals surface area (Å²) in [6, 6.07) is 3.72. The Bertz CT molecular complexity index is 399. The molecule has 4 nitrogen and oxygen atoms in total. The first-order valence-electron chi connectivity index (χ1n) is 6.09. The number of rotatable bonds is 3. The van der Waals surface area contributed by atoms with Crippen molar-refractivity contribution in [3.63, 3.8) is 0 Å². The van der Waals surface area contributed by atoms with Crippen molar-refractivity contribution in [2.24, 2.45) is 5.41 Å². The van der Waals surface area contributed by atoms with Gasteiger partial charge in [-0.05, 0) is 25.0 Å². The van der Waals surface area contributed by atoms with Crippen LogP contribution < -0.4 is 10.6 Å². The number of nitrogens with one attached hydrogen (secondary N) is 2. The monoisotopic (exact) mass is 269 g/mol. The highest BCUT2D eigenvalue weighted by Gasteiger charge is 2.36. The highest BCUT2D eigenvalue weighted by Crippen LogP contribution is 2.38. The molecular formula is C13H20ClN3O. The van der Waals surface area contributed by atoms with Crippen LogP contribution in [0.5, 0.6) is 0 Å². The van der Waals surface area contributed by atoms with Gasteiger partial charge in [-0.25, -0.2) is 4.98 Å². The van der Waals surface area contributed by atoms with Crippen LogP contribution in [0.4, 0.5) is 11.5 Å².